The molecule has 3 unspecified atom stereocenters. The standard InChI is InChI=1S/C17H23N3O2/c1-12(14-7-5-13(10-18)6-8-14)19-16(22)20-15-4-3-9-17(15,2)11-21/h5-8,12,15,21H,3-4,9,11H2,1-2H3,(H2,19,20,22). The summed E-state index contributed by atoms with van der Waals surface area (Å²) in [6.07, 6.45) is 2.85. The highest BCUT2D eigenvalue weighted by Crippen LogP contribution is 2.37. The van der Waals surface area contributed by atoms with E-state index >= 15 is 0 Å². The molecule has 0 radical (unpaired) electrons. The van der Waals surface area contributed by atoms with E-state index in [4.69, 9.17) is 5.26 Å². The van der Waals surface area contributed by atoms with E-state index in [0.717, 1.165) is 24.8 Å². The van der Waals surface area contributed by atoms with Crippen molar-refractivity contribution in [3.63, 3.8) is 0 Å². The molecule has 2 amide bonds. The Bertz CT molecular complexity index is 564. The summed E-state index contributed by atoms with van der Waals surface area (Å²) in [7, 11) is 0. The number of nitrogens with zero attached hydrogens (tertiary/aromatic N) is 1. The Kier molecular flexibility index (Phi) is 5.04. The molecule has 0 heterocycles. The molecule has 1 saturated carbocycles. The Morgan fingerprint density at radius 3 is 2.77 bits per heavy atom. The van der Waals surface area contributed by atoms with Gasteiger partial charge < -0.3 is 15.7 Å². The summed E-state index contributed by atoms with van der Waals surface area (Å²) in [5.74, 6) is 0. The smallest absolute Gasteiger partial charge is 0.315 e. The number of carbonyl (C=O) groups is 1. The molecule has 3 N–H and O–H groups in total. The van der Waals surface area contributed by atoms with Crippen LogP contribution >= 0.6 is 0 Å². The molecule has 22 heavy (non-hydrogen) atoms. The lowest BCUT2D eigenvalue weighted by Crippen LogP contribution is -2.49. The van der Waals surface area contributed by atoms with Gasteiger partial charge in [-0.1, -0.05) is 25.5 Å². The van der Waals surface area contributed by atoms with Crippen LogP contribution in [-0.2, 0) is 0 Å². The van der Waals surface area contributed by atoms with Crippen LogP contribution in [0, 0.1) is 16.7 Å². The summed E-state index contributed by atoms with van der Waals surface area (Å²) >= 11 is 0. The Hall–Kier alpha value is -2.06. The number of rotatable bonds is 4. The third kappa shape index (κ3) is 3.58. The van der Waals surface area contributed by atoms with Gasteiger partial charge in [0.15, 0.2) is 0 Å². The summed E-state index contributed by atoms with van der Waals surface area (Å²) in [5, 5.41) is 24.2. The molecular formula is C17H23N3O2. The van der Waals surface area contributed by atoms with E-state index in [2.05, 4.69) is 16.7 Å². The van der Waals surface area contributed by atoms with Crippen LogP contribution in [0.2, 0.25) is 0 Å². The van der Waals surface area contributed by atoms with Gasteiger partial charge in [0.1, 0.15) is 0 Å². The molecule has 0 saturated heterocycles. The molecule has 3 atom stereocenters. The first-order valence-corrected chi connectivity index (χ1v) is 7.66. The maximum atomic E-state index is 12.2. The zero-order valence-corrected chi connectivity index (χ0v) is 13.1. The van der Waals surface area contributed by atoms with Crippen molar-refractivity contribution < 1.29 is 9.90 Å². The first-order valence-electron chi connectivity index (χ1n) is 7.66. The second kappa shape index (κ2) is 6.80. The molecule has 0 aliphatic heterocycles. The van der Waals surface area contributed by atoms with Gasteiger partial charge in [0.05, 0.1) is 24.3 Å². The van der Waals surface area contributed by atoms with E-state index in [1.165, 1.54) is 0 Å². The maximum Gasteiger partial charge on any atom is 0.315 e. The van der Waals surface area contributed by atoms with Crippen LogP contribution in [0.15, 0.2) is 24.3 Å². The van der Waals surface area contributed by atoms with E-state index in [1.54, 1.807) is 12.1 Å². The largest absolute Gasteiger partial charge is 0.396 e. The van der Waals surface area contributed by atoms with Gasteiger partial charge >= 0.3 is 6.03 Å². The zero-order chi connectivity index (χ0) is 16.2. The Balaban J connectivity index is 1.92. The predicted molar refractivity (Wildman–Crippen MR) is 84.1 cm³/mol. The fourth-order valence-corrected chi connectivity index (χ4v) is 2.99. The number of urea groups is 1. The second-order valence-corrected chi connectivity index (χ2v) is 6.33. The number of hydrogen-bond donors (Lipinski definition) is 3. The van der Waals surface area contributed by atoms with Gasteiger partial charge in [0.2, 0.25) is 0 Å². The van der Waals surface area contributed by atoms with Crippen molar-refractivity contribution in [1.29, 1.82) is 5.26 Å². The minimum atomic E-state index is -0.227. The molecular weight excluding hydrogens is 278 g/mol. The SMILES string of the molecule is CC(NC(=O)NC1CCCC1(C)CO)c1ccc(C#N)cc1. The summed E-state index contributed by atoms with van der Waals surface area (Å²) < 4.78 is 0. The number of benzene rings is 1. The Morgan fingerprint density at radius 2 is 2.18 bits per heavy atom. The molecule has 5 heteroatoms. The van der Waals surface area contributed by atoms with E-state index in [-0.39, 0.29) is 30.1 Å². The van der Waals surface area contributed by atoms with Gasteiger partial charge in [-0.3, -0.25) is 0 Å². The normalized spacial score (nSPS) is 25.3. The third-order valence-corrected chi connectivity index (χ3v) is 4.64. The molecule has 1 aliphatic rings. The van der Waals surface area contributed by atoms with Crippen LogP contribution in [0.4, 0.5) is 4.79 Å². The van der Waals surface area contributed by atoms with Crippen LogP contribution in [0.3, 0.4) is 0 Å². The van der Waals surface area contributed by atoms with Crippen LogP contribution < -0.4 is 10.6 Å². The number of aliphatic hydroxyl groups excluding tert-OH is 1. The number of carbonyl (C=O) groups excluding carboxylic acids is 1. The number of amides is 2. The van der Waals surface area contributed by atoms with Crippen molar-refractivity contribution in [1.82, 2.24) is 10.6 Å². The van der Waals surface area contributed by atoms with Crippen LogP contribution in [-0.4, -0.2) is 23.8 Å². The van der Waals surface area contributed by atoms with E-state index in [9.17, 15) is 9.90 Å². The molecule has 0 aromatic heterocycles. The van der Waals surface area contributed by atoms with Gasteiger partial charge in [-0.25, -0.2) is 4.79 Å². The highest BCUT2D eigenvalue weighted by atomic mass is 16.3. The quantitative estimate of drug-likeness (QED) is 0.798. The fourth-order valence-electron chi connectivity index (χ4n) is 2.99. The lowest BCUT2D eigenvalue weighted by atomic mass is 9.86. The Labute approximate surface area is 131 Å². The van der Waals surface area contributed by atoms with Crippen molar-refractivity contribution in [2.45, 2.75) is 45.2 Å². The lowest BCUT2D eigenvalue weighted by molar-refractivity contribution is 0.121. The van der Waals surface area contributed by atoms with E-state index in [0.29, 0.717) is 5.56 Å². The zero-order valence-electron chi connectivity index (χ0n) is 13.1. The number of aliphatic hydroxyl groups is 1. The van der Waals surface area contributed by atoms with Crippen LogP contribution in [0.25, 0.3) is 0 Å². The van der Waals surface area contributed by atoms with Crippen molar-refractivity contribution in [3.8, 4) is 6.07 Å². The van der Waals surface area contributed by atoms with Crippen molar-refractivity contribution in [2.24, 2.45) is 5.41 Å². The molecule has 118 valence electrons. The van der Waals surface area contributed by atoms with Gasteiger partial charge in [0, 0.05) is 11.5 Å². The number of nitrogens with one attached hydrogen (secondary N) is 2. The molecule has 5 nitrogen and oxygen atoms in total. The topological polar surface area (TPSA) is 85.2 Å². The minimum absolute atomic E-state index is 0.00525. The summed E-state index contributed by atoms with van der Waals surface area (Å²) in [6, 6.07) is 8.89. The summed E-state index contributed by atoms with van der Waals surface area (Å²) in [5.41, 5.74) is 1.32. The highest BCUT2D eigenvalue weighted by molar-refractivity contribution is 5.75. The first kappa shape index (κ1) is 16.3. The molecule has 0 bridgehead atoms. The molecule has 1 aromatic rings. The van der Waals surface area contributed by atoms with E-state index < -0.39 is 0 Å². The predicted octanol–water partition coefficient (Wildman–Crippen LogP) is 2.47. The van der Waals surface area contributed by atoms with Gasteiger partial charge in [-0.15, -0.1) is 0 Å². The average molecular weight is 301 g/mol. The molecule has 0 spiro atoms. The minimum Gasteiger partial charge on any atom is -0.396 e. The second-order valence-electron chi connectivity index (χ2n) is 6.33. The number of nitriles is 1. The van der Waals surface area contributed by atoms with Crippen molar-refractivity contribution in [3.05, 3.63) is 35.4 Å². The first-order chi connectivity index (χ1) is 10.5. The van der Waals surface area contributed by atoms with Crippen LogP contribution in [0.1, 0.15) is 50.3 Å². The van der Waals surface area contributed by atoms with Crippen molar-refractivity contribution >= 4 is 6.03 Å². The van der Waals surface area contributed by atoms with Gasteiger partial charge in [-0.05, 0) is 37.5 Å². The lowest BCUT2D eigenvalue weighted by Gasteiger charge is -2.30. The third-order valence-electron chi connectivity index (χ3n) is 4.64. The molecule has 1 aromatic carbocycles. The molecule has 2 rings (SSSR count). The van der Waals surface area contributed by atoms with Gasteiger partial charge in [-0.2, -0.15) is 5.26 Å². The van der Waals surface area contributed by atoms with Gasteiger partial charge in [0.25, 0.3) is 0 Å². The monoisotopic (exact) mass is 301 g/mol. The van der Waals surface area contributed by atoms with E-state index in [1.807, 2.05) is 26.0 Å². The molecule has 1 fully saturated rings. The van der Waals surface area contributed by atoms with Crippen LogP contribution in [0.5, 0.6) is 0 Å². The average Bonchev–Trinajstić information content (AvgIpc) is 2.88. The summed E-state index contributed by atoms with van der Waals surface area (Å²) in [4.78, 5) is 12.2. The maximum absolute atomic E-state index is 12.2. The number of hydrogen-bond acceptors (Lipinski definition) is 3. The Morgan fingerprint density at radius 1 is 1.50 bits per heavy atom. The molecule has 1 aliphatic carbocycles. The van der Waals surface area contributed by atoms with Crippen molar-refractivity contribution in [2.75, 3.05) is 6.61 Å². The fraction of sp³-hybridized carbons (Fsp3) is 0.529. The highest BCUT2D eigenvalue weighted by Gasteiger charge is 2.39. The summed E-state index contributed by atoms with van der Waals surface area (Å²) in [6.45, 7) is 4.00.